The summed E-state index contributed by atoms with van der Waals surface area (Å²) in [6.07, 6.45) is -1.22. The smallest absolute Gasteiger partial charge is 0.375 e. The zero-order valence-electron chi connectivity index (χ0n) is 17.5. The number of benzene rings is 1. The van der Waals surface area contributed by atoms with Gasteiger partial charge in [-0.3, -0.25) is 24.0 Å². The van der Waals surface area contributed by atoms with Crippen molar-refractivity contribution in [3.8, 4) is 0 Å². The lowest BCUT2D eigenvalue weighted by Crippen LogP contribution is -2.73. The van der Waals surface area contributed by atoms with Gasteiger partial charge < -0.3 is 22.3 Å². The minimum Gasteiger partial charge on any atom is -0.475 e. The molecule has 1 aromatic carbocycles. The van der Waals surface area contributed by atoms with Crippen molar-refractivity contribution in [3.05, 3.63) is 33.8 Å². The highest BCUT2D eigenvalue weighted by molar-refractivity contribution is 6.52. The Kier molecular flexibility index (Phi) is 8.58. The fourth-order valence-electron chi connectivity index (χ4n) is 2.83. The lowest BCUT2D eigenvalue weighted by Gasteiger charge is -2.33. The van der Waals surface area contributed by atoms with Crippen LogP contribution >= 0.6 is 23.2 Å². The first-order chi connectivity index (χ1) is 14.5. The number of aliphatic carboxylic acids is 1. The lowest BCUT2D eigenvalue weighted by molar-refractivity contribution is -0.157. The van der Waals surface area contributed by atoms with E-state index in [1.54, 1.807) is 13.8 Å². The lowest BCUT2D eigenvalue weighted by atomic mass is 9.72. The number of Topliss-reactive ketones (excluding diaryl/α,β-unsaturated/α-hetero) is 5. The van der Waals surface area contributed by atoms with Gasteiger partial charge in [-0.1, -0.05) is 43.1 Å². The Labute approximate surface area is 193 Å². The minimum atomic E-state index is -3.44. The third-order valence-corrected chi connectivity index (χ3v) is 5.55. The summed E-state index contributed by atoms with van der Waals surface area (Å²) in [6.45, 7) is 3.97. The van der Waals surface area contributed by atoms with E-state index in [9.17, 15) is 28.8 Å². The SMILES string of the molecule is CC(C)[C@H](N)C(=O)[C@@](C)(N)C(=O)C(N)(C(=O)CC(=O)c1c(Cl)cccc1Cl)C(=O)C(=O)O. The Morgan fingerprint density at radius 2 is 1.50 bits per heavy atom. The van der Waals surface area contributed by atoms with Gasteiger partial charge in [-0.2, -0.15) is 0 Å². The Morgan fingerprint density at radius 3 is 1.91 bits per heavy atom. The maximum atomic E-state index is 13.1. The predicted octanol–water partition coefficient (Wildman–Crippen LogP) is 0.325. The normalized spacial score (nSPS) is 15.9. The van der Waals surface area contributed by atoms with Crippen molar-refractivity contribution in [2.24, 2.45) is 23.1 Å². The van der Waals surface area contributed by atoms with E-state index >= 15 is 0 Å². The average molecular weight is 488 g/mol. The topological polar surface area (TPSA) is 201 Å². The van der Waals surface area contributed by atoms with Crippen LogP contribution in [-0.4, -0.2) is 57.1 Å². The molecule has 3 atom stereocenters. The number of hydrogen-bond acceptors (Lipinski definition) is 9. The Hall–Kier alpha value is -2.50. The third-order valence-electron chi connectivity index (χ3n) is 4.92. The largest absolute Gasteiger partial charge is 0.475 e. The van der Waals surface area contributed by atoms with Crippen molar-refractivity contribution in [3.63, 3.8) is 0 Å². The van der Waals surface area contributed by atoms with Crippen molar-refractivity contribution in [2.45, 2.75) is 44.3 Å². The summed E-state index contributed by atoms with van der Waals surface area (Å²) >= 11 is 11.8. The molecule has 1 aromatic rings. The molecule has 0 amide bonds. The summed E-state index contributed by atoms with van der Waals surface area (Å²) in [5.74, 6) is -10.2. The Balaban J connectivity index is 3.49. The van der Waals surface area contributed by atoms with Crippen LogP contribution in [-0.2, 0) is 24.0 Å². The fraction of sp³-hybridized carbons (Fsp3) is 0.400. The maximum absolute atomic E-state index is 13.1. The monoisotopic (exact) mass is 487 g/mol. The quantitative estimate of drug-likeness (QED) is 0.191. The number of carbonyl (C=O) groups is 6. The van der Waals surface area contributed by atoms with Crippen LogP contribution in [0.25, 0.3) is 0 Å². The number of rotatable bonds is 11. The highest BCUT2D eigenvalue weighted by atomic mass is 35.5. The van der Waals surface area contributed by atoms with Crippen molar-refractivity contribution in [2.75, 3.05) is 0 Å². The van der Waals surface area contributed by atoms with Crippen LogP contribution in [0.3, 0.4) is 0 Å². The van der Waals surface area contributed by atoms with Gasteiger partial charge in [0.05, 0.1) is 28.1 Å². The number of ketones is 5. The Bertz CT molecular complexity index is 987. The van der Waals surface area contributed by atoms with Crippen LogP contribution in [0.1, 0.15) is 37.6 Å². The van der Waals surface area contributed by atoms with E-state index in [1.807, 2.05) is 0 Å². The minimum absolute atomic E-state index is 0.129. The molecule has 7 N–H and O–H groups in total. The number of carboxylic acid groups (broad SMARTS) is 1. The van der Waals surface area contributed by atoms with Crippen molar-refractivity contribution in [1.29, 1.82) is 0 Å². The van der Waals surface area contributed by atoms with E-state index in [0.29, 0.717) is 0 Å². The fourth-order valence-corrected chi connectivity index (χ4v) is 3.44. The molecular formula is C20H23Cl2N3O7. The number of carbonyl (C=O) groups excluding carboxylic acids is 5. The molecule has 0 spiro atoms. The molecule has 0 saturated carbocycles. The first-order valence-corrected chi connectivity index (χ1v) is 9.97. The van der Waals surface area contributed by atoms with Crippen LogP contribution in [0.15, 0.2) is 18.2 Å². The van der Waals surface area contributed by atoms with Gasteiger partial charge in [0, 0.05) is 0 Å². The van der Waals surface area contributed by atoms with Crippen LogP contribution in [0, 0.1) is 5.92 Å². The summed E-state index contributed by atoms with van der Waals surface area (Å²) in [5, 5.41) is 8.89. The van der Waals surface area contributed by atoms with Crippen LogP contribution in [0.2, 0.25) is 10.0 Å². The number of carboxylic acids is 1. The van der Waals surface area contributed by atoms with E-state index in [2.05, 4.69) is 0 Å². The Morgan fingerprint density at radius 1 is 1.03 bits per heavy atom. The van der Waals surface area contributed by atoms with Gasteiger partial charge in [-0.25, -0.2) is 4.79 Å². The van der Waals surface area contributed by atoms with Gasteiger partial charge in [0.15, 0.2) is 23.1 Å². The number of halogens is 2. The van der Waals surface area contributed by atoms with E-state index in [1.165, 1.54) is 18.2 Å². The highest BCUT2D eigenvalue weighted by Crippen LogP contribution is 2.27. The molecule has 0 fully saturated rings. The summed E-state index contributed by atoms with van der Waals surface area (Å²) in [7, 11) is 0. The van der Waals surface area contributed by atoms with Crippen molar-refractivity contribution in [1.82, 2.24) is 0 Å². The first-order valence-electron chi connectivity index (χ1n) is 9.21. The predicted molar refractivity (Wildman–Crippen MR) is 115 cm³/mol. The molecule has 32 heavy (non-hydrogen) atoms. The standard InChI is InChI=1S/C20H23Cl2N3O7/c1-8(2)14(23)15(28)19(3,24)18(32)20(25,16(29)17(30)31)12(27)7-11(26)13-9(21)5-4-6-10(13)22/h4-6,8,14H,7,23-25H2,1-3H3,(H,30,31)/t14-,19+,20?/m0/s1. The van der Waals surface area contributed by atoms with Gasteiger partial charge in [0.25, 0.3) is 5.78 Å². The van der Waals surface area contributed by atoms with Gasteiger partial charge in [0.1, 0.15) is 5.54 Å². The van der Waals surface area contributed by atoms with Crippen LogP contribution < -0.4 is 17.2 Å². The second-order valence-corrected chi connectivity index (χ2v) is 8.54. The van der Waals surface area contributed by atoms with Crippen LogP contribution in [0.5, 0.6) is 0 Å². The molecule has 0 heterocycles. The van der Waals surface area contributed by atoms with E-state index in [0.717, 1.165) is 6.92 Å². The summed E-state index contributed by atoms with van der Waals surface area (Å²) in [4.78, 5) is 74.9. The summed E-state index contributed by atoms with van der Waals surface area (Å²) in [5.41, 5.74) is 10.9. The molecule has 0 aliphatic heterocycles. The zero-order chi connectivity index (χ0) is 25.2. The second kappa shape index (κ2) is 9.97. The molecule has 0 radical (unpaired) electrons. The van der Waals surface area contributed by atoms with E-state index in [4.69, 9.17) is 45.5 Å². The third kappa shape index (κ3) is 5.11. The molecule has 1 unspecified atom stereocenters. The van der Waals surface area contributed by atoms with Crippen LogP contribution in [0.4, 0.5) is 0 Å². The molecular weight excluding hydrogens is 465 g/mol. The number of hydrogen-bond donors (Lipinski definition) is 4. The van der Waals surface area contributed by atoms with Gasteiger partial charge in [-0.05, 0) is 25.0 Å². The second-order valence-electron chi connectivity index (χ2n) is 7.73. The number of nitrogens with two attached hydrogens (primary N) is 3. The molecule has 174 valence electrons. The molecule has 0 aromatic heterocycles. The van der Waals surface area contributed by atoms with E-state index < -0.39 is 64.3 Å². The molecule has 12 heteroatoms. The van der Waals surface area contributed by atoms with Gasteiger partial charge >= 0.3 is 5.97 Å². The zero-order valence-corrected chi connectivity index (χ0v) is 19.0. The summed E-state index contributed by atoms with van der Waals surface area (Å²) in [6, 6.07) is 2.75. The first kappa shape index (κ1) is 27.5. The highest BCUT2D eigenvalue weighted by Gasteiger charge is 2.59. The maximum Gasteiger partial charge on any atom is 0.375 e. The molecule has 10 nitrogen and oxygen atoms in total. The molecule has 1 rings (SSSR count). The molecule has 0 bridgehead atoms. The van der Waals surface area contributed by atoms with Crippen molar-refractivity contribution >= 4 is 58.1 Å². The molecule has 0 aliphatic carbocycles. The van der Waals surface area contributed by atoms with Gasteiger partial charge in [-0.15, -0.1) is 0 Å². The van der Waals surface area contributed by atoms with Crippen molar-refractivity contribution < 1.29 is 33.9 Å². The molecule has 0 saturated heterocycles. The average Bonchev–Trinajstić information content (AvgIpc) is 2.70. The summed E-state index contributed by atoms with van der Waals surface area (Å²) < 4.78 is 0. The van der Waals surface area contributed by atoms with Gasteiger partial charge in [0.2, 0.25) is 5.54 Å². The molecule has 0 aliphatic rings. The van der Waals surface area contributed by atoms with E-state index in [-0.39, 0.29) is 15.6 Å².